The number of thiazole rings is 1. The maximum atomic E-state index is 13.0. The highest BCUT2D eigenvalue weighted by Crippen LogP contribution is 2.32. The maximum absolute atomic E-state index is 13.0. The Labute approximate surface area is 188 Å². The number of aliphatic hydroxyl groups is 1. The molecule has 1 aromatic heterocycles. The number of aromatic nitrogens is 1. The summed E-state index contributed by atoms with van der Waals surface area (Å²) >= 11 is 7.30. The molecule has 3 aromatic rings. The summed E-state index contributed by atoms with van der Waals surface area (Å²) in [6, 6.07) is 12.5. The molecule has 1 fully saturated rings. The molecule has 7 nitrogen and oxygen atoms in total. The predicted octanol–water partition coefficient (Wildman–Crippen LogP) is 3.93. The third-order valence-corrected chi connectivity index (χ3v) is 6.10. The fourth-order valence-electron chi connectivity index (χ4n) is 3.44. The van der Waals surface area contributed by atoms with Gasteiger partial charge in [0.05, 0.1) is 18.2 Å². The van der Waals surface area contributed by atoms with Crippen molar-refractivity contribution in [2.24, 2.45) is 0 Å². The fraction of sp³-hybridized carbons (Fsp3) is 0.227. The van der Waals surface area contributed by atoms with E-state index in [1.807, 2.05) is 18.2 Å². The molecule has 0 spiro atoms. The third kappa shape index (κ3) is 4.56. The minimum atomic E-state index is -0.496. The van der Waals surface area contributed by atoms with Gasteiger partial charge in [-0.25, -0.2) is 4.98 Å². The van der Waals surface area contributed by atoms with Crippen molar-refractivity contribution < 1.29 is 19.4 Å². The summed E-state index contributed by atoms with van der Waals surface area (Å²) in [5.74, 6) is -0.0686. The third-order valence-electron chi connectivity index (χ3n) is 5.03. The fourth-order valence-corrected chi connectivity index (χ4v) is 4.32. The maximum Gasteiger partial charge on any atom is 0.273 e. The molecule has 9 heteroatoms. The lowest BCUT2D eigenvalue weighted by Crippen LogP contribution is -2.29. The topological polar surface area (TPSA) is 91.8 Å². The standard InChI is InChI=1S/C22H20ClN3O4S/c1-30-19-10-13(6-7-17(19)23)15-4-2-3-5-16(15)20(28)25-22-24-18(12-31-22)21(29)26-9-8-14(27)11-26/h2-7,10,12,14,27H,8-9,11H2,1H3,(H,24,25,28)/t14-/m1/s1. The summed E-state index contributed by atoms with van der Waals surface area (Å²) in [7, 11) is 1.54. The van der Waals surface area contributed by atoms with Crippen molar-refractivity contribution in [2.45, 2.75) is 12.5 Å². The van der Waals surface area contributed by atoms with Crippen molar-refractivity contribution in [3.05, 3.63) is 64.1 Å². The van der Waals surface area contributed by atoms with E-state index in [0.29, 0.717) is 46.5 Å². The van der Waals surface area contributed by atoms with E-state index in [0.717, 1.165) is 5.56 Å². The average molecular weight is 458 g/mol. The Bertz CT molecular complexity index is 1130. The first-order chi connectivity index (χ1) is 15.0. The molecule has 31 heavy (non-hydrogen) atoms. The van der Waals surface area contributed by atoms with Crippen LogP contribution in [0.3, 0.4) is 0 Å². The van der Waals surface area contributed by atoms with Gasteiger partial charge >= 0.3 is 0 Å². The highest BCUT2D eigenvalue weighted by atomic mass is 35.5. The summed E-state index contributed by atoms with van der Waals surface area (Å²) in [6.07, 6.45) is 0.0656. The van der Waals surface area contributed by atoms with Crippen LogP contribution in [-0.4, -0.2) is 53.1 Å². The number of anilines is 1. The molecule has 1 aliphatic heterocycles. The van der Waals surface area contributed by atoms with Gasteiger partial charge in [-0.05, 0) is 35.7 Å². The normalized spacial score (nSPS) is 15.7. The second-order valence-corrected chi connectivity index (χ2v) is 8.35. The van der Waals surface area contributed by atoms with Gasteiger partial charge in [-0.1, -0.05) is 35.9 Å². The van der Waals surface area contributed by atoms with E-state index in [2.05, 4.69) is 10.3 Å². The predicted molar refractivity (Wildman–Crippen MR) is 120 cm³/mol. The number of rotatable bonds is 5. The Morgan fingerprint density at radius 3 is 2.84 bits per heavy atom. The number of ether oxygens (including phenoxy) is 1. The van der Waals surface area contributed by atoms with E-state index < -0.39 is 6.10 Å². The lowest BCUT2D eigenvalue weighted by molar-refractivity contribution is 0.0760. The van der Waals surface area contributed by atoms with E-state index in [4.69, 9.17) is 16.3 Å². The van der Waals surface area contributed by atoms with Crippen molar-refractivity contribution in [3.8, 4) is 16.9 Å². The zero-order valence-corrected chi connectivity index (χ0v) is 18.2. The molecule has 2 aromatic carbocycles. The quantitative estimate of drug-likeness (QED) is 0.605. The van der Waals surface area contributed by atoms with Crippen LogP contribution < -0.4 is 10.1 Å². The number of carbonyl (C=O) groups excluding carboxylic acids is 2. The van der Waals surface area contributed by atoms with Crippen LogP contribution in [0.15, 0.2) is 47.8 Å². The molecule has 2 N–H and O–H groups in total. The van der Waals surface area contributed by atoms with E-state index in [1.54, 1.807) is 34.5 Å². The molecular formula is C22H20ClN3O4S. The molecular weight excluding hydrogens is 438 g/mol. The van der Waals surface area contributed by atoms with E-state index >= 15 is 0 Å². The molecule has 0 aliphatic carbocycles. The second-order valence-electron chi connectivity index (χ2n) is 7.08. The summed E-state index contributed by atoms with van der Waals surface area (Å²) < 4.78 is 5.28. The first kappa shape index (κ1) is 21.3. The van der Waals surface area contributed by atoms with E-state index in [1.165, 1.54) is 18.4 Å². The zero-order valence-electron chi connectivity index (χ0n) is 16.7. The summed E-state index contributed by atoms with van der Waals surface area (Å²) in [5.41, 5.74) is 2.21. The molecule has 1 atom stereocenters. The van der Waals surface area contributed by atoms with Gasteiger partial charge in [0.2, 0.25) is 0 Å². The molecule has 0 unspecified atom stereocenters. The van der Waals surface area contributed by atoms with Gasteiger partial charge in [0.15, 0.2) is 5.13 Å². The molecule has 160 valence electrons. The van der Waals surface area contributed by atoms with Gasteiger partial charge in [0, 0.05) is 24.0 Å². The minimum Gasteiger partial charge on any atom is -0.495 e. The van der Waals surface area contributed by atoms with Gasteiger partial charge in [-0.15, -0.1) is 11.3 Å². The largest absolute Gasteiger partial charge is 0.495 e. The summed E-state index contributed by atoms with van der Waals surface area (Å²) in [4.78, 5) is 31.3. The van der Waals surface area contributed by atoms with Gasteiger partial charge < -0.3 is 14.7 Å². The number of nitrogens with one attached hydrogen (secondary N) is 1. The van der Waals surface area contributed by atoms with Crippen molar-refractivity contribution in [1.29, 1.82) is 0 Å². The number of amides is 2. The van der Waals surface area contributed by atoms with Crippen LogP contribution >= 0.6 is 22.9 Å². The van der Waals surface area contributed by atoms with Crippen LogP contribution in [-0.2, 0) is 0 Å². The van der Waals surface area contributed by atoms with Crippen molar-refractivity contribution in [2.75, 3.05) is 25.5 Å². The zero-order chi connectivity index (χ0) is 22.0. The van der Waals surface area contributed by atoms with Gasteiger partial charge in [-0.3, -0.25) is 14.9 Å². The minimum absolute atomic E-state index is 0.248. The van der Waals surface area contributed by atoms with Crippen LogP contribution in [0.2, 0.25) is 5.02 Å². The number of nitrogens with zero attached hydrogens (tertiary/aromatic N) is 2. The first-order valence-electron chi connectivity index (χ1n) is 9.63. The van der Waals surface area contributed by atoms with Crippen molar-refractivity contribution in [1.82, 2.24) is 9.88 Å². The molecule has 0 saturated carbocycles. The molecule has 2 amide bonds. The Morgan fingerprint density at radius 1 is 1.29 bits per heavy atom. The van der Waals surface area contributed by atoms with Gasteiger partial charge in [0.1, 0.15) is 11.4 Å². The SMILES string of the molecule is COc1cc(-c2ccccc2C(=O)Nc2nc(C(=O)N3CC[C@@H](O)C3)cs2)ccc1Cl. The van der Waals surface area contributed by atoms with Crippen molar-refractivity contribution >= 4 is 39.9 Å². The number of β-amino-alcohol motifs (C(OH)–C–C–N with tert-alkyl or cyclic N) is 1. The summed E-state index contributed by atoms with van der Waals surface area (Å²) in [5, 5.41) is 14.8. The molecule has 4 rings (SSSR count). The Balaban J connectivity index is 1.54. The Kier molecular flexibility index (Phi) is 6.22. The van der Waals surface area contributed by atoms with Gasteiger partial charge in [0.25, 0.3) is 11.8 Å². The highest BCUT2D eigenvalue weighted by molar-refractivity contribution is 7.14. The lowest BCUT2D eigenvalue weighted by Gasteiger charge is -2.13. The second kappa shape index (κ2) is 9.05. The Morgan fingerprint density at radius 2 is 2.10 bits per heavy atom. The van der Waals surface area contributed by atoms with E-state index in [9.17, 15) is 14.7 Å². The van der Waals surface area contributed by atoms with Crippen LogP contribution in [0.5, 0.6) is 5.75 Å². The molecule has 1 saturated heterocycles. The van der Waals surface area contributed by atoms with Crippen LogP contribution in [0, 0.1) is 0 Å². The molecule has 0 radical (unpaired) electrons. The smallest absolute Gasteiger partial charge is 0.273 e. The molecule has 2 heterocycles. The number of benzene rings is 2. The number of aliphatic hydroxyl groups excluding tert-OH is 1. The average Bonchev–Trinajstić information content (AvgIpc) is 3.43. The number of hydrogen-bond donors (Lipinski definition) is 2. The van der Waals surface area contributed by atoms with Crippen LogP contribution in [0.25, 0.3) is 11.1 Å². The van der Waals surface area contributed by atoms with Crippen LogP contribution in [0.4, 0.5) is 5.13 Å². The highest BCUT2D eigenvalue weighted by Gasteiger charge is 2.27. The summed E-state index contributed by atoms with van der Waals surface area (Å²) in [6.45, 7) is 0.799. The Hall–Kier alpha value is -2.94. The van der Waals surface area contributed by atoms with Gasteiger partial charge in [-0.2, -0.15) is 0 Å². The number of likely N-dealkylation sites (tertiary alicyclic amines) is 1. The van der Waals surface area contributed by atoms with E-state index in [-0.39, 0.29) is 17.5 Å². The number of halogens is 1. The number of methoxy groups -OCH3 is 1. The number of hydrogen-bond acceptors (Lipinski definition) is 6. The monoisotopic (exact) mass is 457 g/mol. The van der Waals surface area contributed by atoms with Crippen molar-refractivity contribution in [3.63, 3.8) is 0 Å². The van der Waals surface area contributed by atoms with Crippen LogP contribution in [0.1, 0.15) is 27.3 Å². The number of carbonyl (C=O) groups is 2. The molecule has 0 bridgehead atoms. The molecule has 1 aliphatic rings. The first-order valence-corrected chi connectivity index (χ1v) is 10.9. The lowest BCUT2D eigenvalue weighted by atomic mass is 9.99.